The molecule has 0 saturated heterocycles. The van der Waals surface area contributed by atoms with Gasteiger partial charge in [0.15, 0.2) is 0 Å². The standard InChI is InChI=1S/C24H44O4S.Mg.2H/c1-4-5-6-7-8-9-10-11-12-13-14-15-16-17-18-19-20-28-24(27)22(3)29-21(2)23(25)26;;;/h11-12,21-22H,4-10,13-20H2,1-3H3,(H,25,26);;;/q;+2;2*-1/b12-11-;;;. The van der Waals surface area contributed by atoms with Crippen LogP contribution in [-0.4, -0.2) is 57.2 Å². The van der Waals surface area contributed by atoms with Gasteiger partial charge < -0.3 is 12.7 Å². The second-order valence-electron chi connectivity index (χ2n) is 7.86. The van der Waals surface area contributed by atoms with E-state index in [0.29, 0.717) is 6.61 Å². The third kappa shape index (κ3) is 21.0. The maximum atomic E-state index is 11.8. The van der Waals surface area contributed by atoms with Crippen LogP contribution in [0.5, 0.6) is 0 Å². The van der Waals surface area contributed by atoms with Gasteiger partial charge in [-0.2, -0.15) is 0 Å². The van der Waals surface area contributed by atoms with Gasteiger partial charge in [-0.05, 0) is 46.0 Å². The zero-order chi connectivity index (χ0) is 21.7. The molecule has 0 aromatic heterocycles. The zero-order valence-corrected chi connectivity index (χ0v) is 21.9. The molecule has 30 heavy (non-hydrogen) atoms. The van der Waals surface area contributed by atoms with Crippen molar-refractivity contribution < 1.29 is 22.3 Å². The number of aliphatic carboxylic acids is 1. The Balaban J connectivity index is -0.00000131. The fourth-order valence-corrected chi connectivity index (χ4v) is 3.97. The average molecular weight is 455 g/mol. The summed E-state index contributed by atoms with van der Waals surface area (Å²) >= 11 is 1.13. The maximum Gasteiger partial charge on any atom is 2.00 e. The van der Waals surface area contributed by atoms with Crippen molar-refractivity contribution >= 4 is 46.8 Å². The second kappa shape index (κ2) is 23.5. The Morgan fingerprint density at radius 3 is 1.80 bits per heavy atom. The summed E-state index contributed by atoms with van der Waals surface area (Å²) in [4.78, 5) is 22.6. The van der Waals surface area contributed by atoms with Crippen LogP contribution in [0, 0.1) is 0 Å². The van der Waals surface area contributed by atoms with Gasteiger partial charge in [0.1, 0.15) is 10.5 Å². The van der Waals surface area contributed by atoms with Crippen LogP contribution in [0.2, 0.25) is 0 Å². The minimum atomic E-state index is -0.900. The molecular weight excluding hydrogens is 409 g/mol. The molecule has 0 aromatic rings. The van der Waals surface area contributed by atoms with E-state index in [1.54, 1.807) is 13.8 Å². The predicted molar refractivity (Wildman–Crippen MR) is 133 cm³/mol. The van der Waals surface area contributed by atoms with Crippen molar-refractivity contribution in [3.63, 3.8) is 0 Å². The molecule has 0 rings (SSSR count). The quantitative estimate of drug-likeness (QED) is 0.0927. The van der Waals surface area contributed by atoms with Crippen LogP contribution < -0.4 is 0 Å². The van der Waals surface area contributed by atoms with Crippen molar-refractivity contribution in [2.24, 2.45) is 0 Å². The van der Waals surface area contributed by atoms with Crippen molar-refractivity contribution in [1.29, 1.82) is 0 Å². The first-order valence-corrected chi connectivity index (χ1v) is 12.6. The van der Waals surface area contributed by atoms with Gasteiger partial charge in [-0.25, -0.2) is 0 Å². The first kappa shape index (κ1) is 32.0. The van der Waals surface area contributed by atoms with Crippen molar-refractivity contribution in [1.82, 2.24) is 0 Å². The molecule has 1 N–H and O–H groups in total. The third-order valence-corrected chi connectivity index (χ3v) is 6.20. The molecule has 0 saturated carbocycles. The van der Waals surface area contributed by atoms with Crippen LogP contribution in [0.25, 0.3) is 0 Å². The van der Waals surface area contributed by atoms with E-state index in [9.17, 15) is 9.59 Å². The van der Waals surface area contributed by atoms with E-state index in [4.69, 9.17) is 9.84 Å². The molecule has 0 aliphatic heterocycles. The van der Waals surface area contributed by atoms with Gasteiger partial charge in [-0.15, -0.1) is 11.8 Å². The van der Waals surface area contributed by atoms with E-state index >= 15 is 0 Å². The molecule has 0 bridgehead atoms. The Labute approximate surface area is 208 Å². The number of ether oxygens (including phenoxy) is 1. The van der Waals surface area contributed by atoms with Gasteiger partial charge in [0, 0.05) is 0 Å². The van der Waals surface area contributed by atoms with Gasteiger partial charge in [-0.3, -0.25) is 9.59 Å². The summed E-state index contributed by atoms with van der Waals surface area (Å²) in [5.41, 5.74) is 0. The van der Waals surface area contributed by atoms with Gasteiger partial charge in [0.25, 0.3) is 0 Å². The summed E-state index contributed by atoms with van der Waals surface area (Å²) in [7, 11) is 0. The van der Waals surface area contributed by atoms with Crippen molar-refractivity contribution in [3.05, 3.63) is 12.2 Å². The molecule has 0 aliphatic rings. The van der Waals surface area contributed by atoms with Crippen LogP contribution in [0.3, 0.4) is 0 Å². The number of thioether (sulfide) groups is 1. The second-order valence-corrected chi connectivity index (χ2v) is 9.55. The number of esters is 1. The predicted octanol–water partition coefficient (Wildman–Crippen LogP) is 7.01. The van der Waals surface area contributed by atoms with E-state index in [0.717, 1.165) is 24.6 Å². The number of unbranched alkanes of at least 4 members (excludes halogenated alkanes) is 12. The normalized spacial score (nSPS) is 13.0. The summed E-state index contributed by atoms with van der Waals surface area (Å²) in [5.74, 6) is -1.21. The molecular formula is C24H46MgO4S. The monoisotopic (exact) mass is 454 g/mol. The summed E-state index contributed by atoms with van der Waals surface area (Å²) in [6, 6.07) is 0. The SMILES string of the molecule is CCCCCCCC/C=C\CCCCCCCCOC(=O)C(C)SC(C)C(=O)O.[H-].[H-].[Mg+2]. The van der Waals surface area contributed by atoms with Crippen molar-refractivity contribution in [3.8, 4) is 0 Å². The van der Waals surface area contributed by atoms with E-state index in [1.165, 1.54) is 77.0 Å². The fraction of sp³-hybridized carbons (Fsp3) is 0.833. The van der Waals surface area contributed by atoms with Crippen LogP contribution in [0.1, 0.15) is 114 Å². The molecule has 0 aromatic carbocycles. The van der Waals surface area contributed by atoms with Gasteiger partial charge in [-0.1, -0.05) is 76.9 Å². The minimum Gasteiger partial charge on any atom is -1.00 e. The summed E-state index contributed by atoms with van der Waals surface area (Å²) in [6.07, 6.45) is 22.2. The first-order chi connectivity index (χ1) is 14.0. The smallest absolute Gasteiger partial charge is 1.00 e. The molecule has 4 nitrogen and oxygen atoms in total. The number of allylic oxidation sites excluding steroid dienone is 2. The van der Waals surface area contributed by atoms with Crippen molar-refractivity contribution in [2.75, 3.05) is 6.61 Å². The first-order valence-electron chi connectivity index (χ1n) is 11.7. The topological polar surface area (TPSA) is 63.6 Å². The Bertz CT molecular complexity index is 454. The molecule has 174 valence electrons. The summed E-state index contributed by atoms with van der Waals surface area (Å²) in [5, 5.41) is 7.84. The van der Waals surface area contributed by atoms with Crippen LogP contribution in [0.4, 0.5) is 0 Å². The average Bonchev–Trinajstić information content (AvgIpc) is 2.69. The molecule has 0 spiro atoms. The Morgan fingerprint density at radius 2 is 1.30 bits per heavy atom. The van der Waals surface area contributed by atoms with Gasteiger partial charge in [0.2, 0.25) is 0 Å². The summed E-state index contributed by atoms with van der Waals surface area (Å²) in [6.45, 7) is 5.98. The Hall–Kier alpha value is -0.204. The largest absolute Gasteiger partial charge is 2.00 e. The number of carboxylic acid groups (broad SMARTS) is 1. The van der Waals surface area contributed by atoms with Crippen LogP contribution in [0.15, 0.2) is 12.2 Å². The molecule has 0 fully saturated rings. The van der Waals surface area contributed by atoms with Gasteiger partial charge in [0.05, 0.1) is 6.61 Å². The Morgan fingerprint density at radius 1 is 0.833 bits per heavy atom. The molecule has 0 heterocycles. The number of hydrogen-bond acceptors (Lipinski definition) is 4. The molecule has 6 heteroatoms. The number of carboxylic acids is 1. The number of hydrogen-bond donors (Lipinski definition) is 1. The molecule has 0 radical (unpaired) electrons. The Kier molecular flexibility index (Phi) is 25.0. The van der Waals surface area contributed by atoms with Crippen LogP contribution in [-0.2, 0) is 14.3 Å². The number of rotatable bonds is 20. The zero-order valence-electron chi connectivity index (χ0n) is 21.7. The number of carbonyl (C=O) groups excluding carboxylic acids is 1. The van der Waals surface area contributed by atoms with E-state index in [1.807, 2.05) is 0 Å². The van der Waals surface area contributed by atoms with E-state index < -0.39 is 16.5 Å². The minimum absolute atomic E-state index is 0. The molecule has 0 amide bonds. The fourth-order valence-electron chi connectivity index (χ4n) is 3.06. The maximum absolute atomic E-state index is 11.8. The van der Waals surface area contributed by atoms with Crippen molar-refractivity contribution in [2.45, 2.75) is 121 Å². The van der Waals surface area contributed by atoms with Gasteiger partial charge >= 0.3 is 35.0 Å². The molecule has 2 atom stereocenters. The summed E-state index contributed by atoms with van der Waals surface area (Å²) < 4.78 is 5.24. The van der Waals surface area contributed by atoms with E-state index in [2.05, 4.69) is 19.1 Å². The molecule has 2 unspecified atom stereocenters. The third-order valence-electron chi connectivity index (χ3n) is 4.99. The van der Waals surface area contributed by atoms with Crippen LogP contribution >= 0.6 is 11.8 Å². The van der Waals surface area contributed by atoms with E-state index in [-0.39, 0.29) is 31.9 Å². The molecule has 0 aliphatic carbocycles. The number of carbonyl (C=O) groups is 2.